The van der Waals surface area contributed by atoms with Crippen LogP contribution in [0.25, 0.3) is 0 Å². The van der Waals surface area contributed by atoms with Crippen LogP contribution in [0.15, 0.2) is 48.6 Å². The molecule has 0 radical (unpaired) electrons. The van der Waals surface area contributed by atoms with Gasteiger partial charge in [0, 0.05) is 19.4 Å². The zero-order valence-corrected chi connectivity index (χ0v) is 43.1. The van der Waals surface area contributed by atoms with E-state index in [0.717, 1.165) is 51.4 Å². The third-order valence-electron chi connectivity index (χ3n) is 12.3. The number of allylic oxidation sites excluding steroid dienone is 8. The van der Waals surface area contributed by atoms with Gasteiger partial charge in [-0.3, -0.25) is 9.59 Å². The monoisotopic (exact) mass is 897 g/mol. The van der Waals surface area contributed by atoms with Gasteiger partial charge in [-0.05, 0) is 83.5 Å². The molecule has 5 heteroatoms. The number of carbonyl (C=O) groups is 2. The van der Waals surface area contributed by atoms with Crippen molar-refractivity contribution in [3.05, 3.63) is 48.6 Å². The molecular weight excluding hydrogens is 789 g/mol. The third-order valence-corrected chi connectivity index (χ3v) is 12.3. The van der Waals surface area contributed by atoms with Crippen molar-refractivity contribution in [2.45, 2.75) is 297 Å². The highest BCUT2D eigenvalue weighted by Crippen LogP contribution is 2.15. The van der Waals surface area contributed by atoms with Gasteiger partial charge in [-0.1, -0.05) is 243 Å². The van der Waals surface area contributed by atoms with Crippen LogP contribution < -0.4 is 0 Å². The normalized spacial score (nSPS) is 12.5. The molecular formula is C59H108O5. The second kappa shape index (κ2) is 55.2. The third kappa shape index (κ3) is 52.5. The number of carbonyl (C=O) groups excluding carboxylic acids is 2. The maximum atomic E-state index is 12.8. The zero-order chi connectivity index (χ0) is 46.3. The molecule has 0 bridgehead atoms. The minimum absolute atomic E-state index is 0.0852. The quantitative estimate of drug-likeness (QED) is 0.0346. The first-order valence-corrected chi connectivity index (χ1v) is 28.2. The van der Waals surface area contributed by atoms with E-state index in [1.165, 1.54) is 205 Å². The molecule has 0 fully saturated rings. The Morgan fingerprint density at radius 1 is 0.344 bits per heavy atom. The Morgan fingerprint density at radius 2 is 0.656 bits per heavy atom. The minimum atomic E-state index is -0.536. The van der Waals surface area contributed by atoms with Crippen LogP contribution in [0.1, 0.15) is 290 Å². The molecule has 0 spiro atoms. The van der Waals surface area contributed by atoms with E-state index < -0.39 is 6.10 Å². The summed E-state index contributed by atoms with van der Waals surface area (Å²) in [5.41, 5.74) is 0. The zero-order valence-electron chi connectivity index (χ0n) is 43.1. The van der Waals surface area contributed by atoms with E-state index in [2.05, 4.69) is 69.4 Å². The average Bonchev–Trinajstić information content (AvgIpc) is 3.30. The molecule has 0 aromatic carbocycles. The number of rotatable bonds is 52. The highest BCUT2D eigenvalue weighted by Gasteiger charge is 2.17. The van der Waals surface area contributed by atoms with E-state index in [-0.39, 0.29) is 25.2 Å². The Hall–Kier alpha value is -2.14. The summed E-state index contributed by atoms with van der Waals surface area (Å²) in [7, 11) is 0. The van der Waals surface area contributed by atoms with Gasteiger partial charge < -0.3 is 14.2 Å². The van der Waals surface area contributed by atoms with Crippen molar-refractivity contribution in [2.24, 2.45) is 0 Å². The minimum Gasteiger partial charge on any atom is -0.462 e. The summed E-state index contributed by atoms with van der Waals surface area (Å²) < 4.78 is 17.4. The van der Waals surface area contributed by atoms with Crippen LogP contribution in [0.4, 0.5) is 0 Å². The first-order chi connectivity index (χ1) is 31.6. The van der Waals surface area contributed by atoms with Crippen molar-refractivity contribution in [3.63, 3.8) is 0 Å². The van der Waals surface area contributed by atoms with Crippen LogP contribution >= 0.6 is 0 Å². The smallest absolute Gasteiger partial charge is 0.306 e. The topological polar surface area (TPSA) is 61.8 Å². The molecule has 0 N–H and O–H groups in total. The summed E-state index contributed by atoms with van der Waals surface area (Å²) in [5.74, 6) is -0.393. The maximum Gasteiger partial charge on any atom is 0.306 e. The molecule has 0 rings (SSSR count). The molecule has 0 aromatic heterocycles. The first-order valence-electron chi connectivity index (χ1n) is 28.2. The van der Waals surface area contributed by atoms with Gasteiger partial charge in [0.15, 0.2) is 6.10 Å². The van der Waals surface area contributed by atoms with E-state index in [4.69, 9.17) is 14.2 Å². The molecule has 1 unspecified atom stereocenters. The number of unbranched alkanes of at least 4 members (excludes halogenated alkanes) is 33. The van der Waals surface area contributed by atoms with Crippen molar-refractivity contribution in [3.8, 4) is 0 Å². The number of hydrogen-bond acceptors (Lipinski definition) is 5. The van der Waals surface area contributed by atoms with Gasteiger partial charge in [0.1, 0.15) is 6.61 Å². The highest BCUT2D eigenvalue weighted by molar-refractivity contribution is 5.70. The lowest BCUT2D eigenvalue weighted by Crippen LogP contribution is -2.30. The predicted molar refractivity (Wildman–Crippen MR) is 279 cm³/mol. The molecule has 1 atom stereocenters. The van der Waals surface area contributed by atoms with Crippen LogP contribution in [-0.4, -0.2) is 37.9 Å². The average molecular weight is 898 g/mol. The van der Waals surface area contributed by atoms with E-state index in [1.807, 2.05) is 0 Å². The molecule has 0 aromatic rings. The van der Waals surface area contributed by atoms with Crippen LogP contribution in [0.3, 0.4) is 0 Å². The summed E-state index contributed by atoms with van der Waals surface area (Å²) in [6.07, 6.45) is 68.4. The molecule has 0 heterocycles. The Morgan fingerprint density at radius 3 is 1.06 bits per heavy atom. The lowest BCUT2D eigenvalue weighted by molar-refractivity contribution is -0.163. The fourth-order valence-electron chi connectivity index (χ4n) is 8.10. The van der Waals surface area contributed by atoms with Gasteiger partial charge in [0.25, 0.3) is 0 Å². The van der Waals surface area contributed by atoms with Crippen LogP contribution in [-0.2, 0) is 23.8 Å². The van der Waals surface area contributed by atoms with Crippen molar-refractivity contribution in [2.75, 3.05) is 19.8 Å². The molecule has 0 aliphatic heterocycles. The molecule has 64 heavy (non-hydrogen) atoms. The van der Waals surface area contributed by atoms with Gasteiger partial charge in [0.05, 0.1) is 6.61 Å². The molecule has 374 valence electrons. The van der Waals surface area contributed by atoms with Crippen molar-refractivity contribution in [1.29, 1.82) is 0 Å². The number of hydrogen-bond donors (Lipinski definition) is 0. The fourth-order valence-corrected chi connectivity index (χ4v) is 8.10. The summed E-state index contributed by atoms with van der Waals surface area (Å²) in [6, 6.07) is 0. The van der Waals surface area contributed by atoms with Gasteiger partial charge in [0.2, 0.25) is 0 Å². The van der Waals surface area contributed by atoms with Crippen LogP contribution in [0.2, 0.25) is 0 Å². The summed E-state index contributed by atoms with van der Waals surface area (Å²) in [6.45, 7) is 7.79. The van der Waals surface area contributed by atoms with Crippen LogP contribution in [0.5, 0.6) is 0 Å². The van der Waals surface area contributed by atoms with Crippen molar-refractivity contribution >= 4 is 11.9 Å². The molecule has 0 amide bonds. The summed E-state index contributed by atoms with van der Waals surface area (Å²) in [5, 5.41) is 0. The fraction of sp³-hybridized carbons (Fsp3) is 0.831. The second-order valence-corrected chi connectivity index (χ2v) is 18.8. The second-order valence-electron chi connectivity index (χ2n) is 18.8. The van der Waals surface area contributed by atoms with E-state index in [0.29, 0.717) is 19.4 Å². The summed E-state index contributed by atoms with van der Waals surface area (Å²) in [4.78, 5) is 25.4. The van der Waals surface area contributed by atoms with E-state index in [9.17, 15) is 9.59 Å². The Kier molecular flexibility index (Phi) is 53.3. The molecule has 0 saturated heterocycles. The number of ether oxygens (including phenoxy) is 3. The van der Waals surface area contributed by atoms with Crippen molar-refractivity contribution in [1.82, 2.24) is 0 Å². The first kappa shape index (κ1) is 61.9. The standard InChI is InChI=1S/C59H108O5/c1-4-7-10-13-16-19-21-23-25-27-29-31-33-35-37-39-42-45-48-51-54-62-55-57(64-59(61)53-50-47-44-40-18-15-12-9-6-3)56-63-58(60)52-49-46-43-41-38-36-34-32-30-28-26-24-22-20-17-14-11-8-5-2/h16-17,19-20,23-26,57H,4-15,18,21-22,27-56H2,1-3H3/b19-16-,20-17-,25-23-,26-24-. The Balaban J connectivity index is 4.13. The van der Waals surface area contributed by atoms with Crippen molar-refractivity contribution < 1.29 is 23.8 Å². The lowest BCUT2D eigenvalue weighted by atomic mass is 10.1. The highest BCUT2D eigenvalue weighted by atomic mass is 16.6. The largest absolute Gasteiger partial charge is 0.462 e. The Labute approximate surface area is 399 Å². The van der Waals surface area contributed by atoms with Crippen LogP contribution in [0, 0.1) is 0 Å². The maximum absolute atomic E-state index is 12.8. The van der Waals surface area contributed by atoms with Gasteiger partial charge >= 0.3 is 11.9 Å². The lowest BCUT2D eigenvalue weighted by Gasteiger charge is -2.18. The SMILES string of the molecule is CCCCC/C=C\C/C=C\CCCCCCCCCCCCOCC(COC(=O)CCCCCCCCCCC/C=C\C/C=C\CCCCC)OC(=O)CCCCCCCCCCC. The van der Waals surface area contributed by atoms with Gasteiger partial charge in [-0.2, -0.15) is 0 Å². The van der Waals surface area contributed by atoms with E-state index >= 15 is 0 Å². The Bertz CT molecular complexity index is 1060. The molecule has 0 saturated carbocycles. The predicted octanol–water partition coefficient (Wildman–Crippen LogP) is 19.1. The number of esters is 2. The van der Waals surface area contributed by atoms with Gasteiger partial charge in [-0.15, -0.1) is 0 Å². The molecule has 0 aliphatic carbocycles. The molecule has 5 nitrogen and oxygen atoms in total. The van der Waals surface area contributed by atoms with Gasteiger partial charge in [-0.25, -0.2) is 0 Å². The van der Waals surface area contributed by atoms with E-state index in [1.54, 1.807) is 0 Å². The molecule has 0 aliphatic rings. The summed E-state index contributed by atoms with van der Waals surface area (Å²) >= 11 is 0.